The first-order valence-electron chi connectivity index (χ1n) is 4.26. The molecule has 1 amide bonds. The molecule has 0 radical (unpaired) electrons. The molecule has 0 fully saturated rings. The van der Waals surface area contributed by atoms with Crippen molar-refractivity contribution in [3.63, 3.8) is 0 Å². The van der Waals surface area contributed by atoms with Gasteiger partial charge in [-0.25, -0.2) is 0 Å². The SMILES string of the molecule is CNC(=O)CCNCc1cccs1. The van der Waals surface area contributed by atoms with E-state index in [1.54, 1.807) is 18.4 Å². The monoisotopic (exact) mass is 198 g/mol. The molecule has 0 atom stereocenters. The first kappa shape index (κ1) is 10.2. The highest BCUT2D eigenvalue weighted by Crippen LogP contribution is 2.06. The Morgan fingerprint density at radius 2 is 2.46 bits per heavy atom. The van der Waals surface area contributed by atoms with E-state index < -0.39 is 0 Å². The topological polar surface area (TPSA) is 41.1 Å². The Balaban J connectivity index is 2.05. The van der Waals surface area contributed by atoms with Gasteiger partial charge < -0.3 is 10.6 Å². The van der Waals surface area contributed by atoms with Crippen molar-refractivity contribution in [1.82, 2.24) is 10.6 Å². The van der Waals surface area contributed by atoms with Gasteiger partial charge in [-0.2, -0.15) is 0 Å². The van der Waals surface area contributed by atoms with Crippen LogP contribution in [0.15, 0.2) is 17.5 Å². The zero-order valence-corrected chi connectivity index (χ0v) is 8.49. The lowest BCUT2D eigenvalue weighted by Crippen LogP contribution is -2.24. The van der Waals surface area contributed by atoms with E-state index >= 15 is 0 Å². The predicted octanol–water partition coefficient (Wildman–Crippen LogP) is 0.974. The summed E-state index contributed by atoms with van der Waals surface area (Å²) in [5.41, 5.74) is 0. The zero-order valence-electron chi connectivity index (χ0n) is 7.67. The molecule has 2 N–H and O–H groups in total. The van der Waals surface area contributed by atoms with E-state index in [1.807, 2.05) is 6.07 Å². The maximum Gasteiger partial charge on any atom is 0.221 e. The van der Waals surface area contributed by atoms with Crippen LogP contribution in [0.5, 0.6) is 0 Å². The predicted molar refractivity (Wildman–Crippen MR) is 54.7 cm³/mol. The minimum atomic E-state index is 0.0821. The molecular formula is C9H14N2OS. The maximum atomic E-state index is 10.8. The fourth-order valence-corrected chi connectivity index (χ4v) is 1.63. The third-order valence-corrected chi connectivity index (χ3v) is 2.56. The van der Waals surface area contributed by atoms with E-state index in [9.17, 15) is 4.79 Å². The first-order valence-corrected chi connectivity index (χ1v) is 5.14. The van der Waals surface area contributed by atoms with Crippen LogP contribution in [0.2, 0.25) is 0 Å². The Labute approximate surface area is 82.2 Å². The second-order valence-electron chi connectivity index (χ2n) is 2.68. The molecular weight excluding hydrogens is 184 g/mol. The minimum Gasteiger partial charge on any atom is -0.359 e. The molecule has 0 saturated heterocycles. The molecule has 3 nitrogen and oxygen atoms in total. The van der Waals surface area contributed by atoms with E-state index in [4.69, 9.17) is 0 Å². The van der Waals surface area contributed by atoms with Crippen molar-refractivity contribution in [2.24, 2.45) is 0 Å². The fourth-order valence-electron chi connectivity index (χ4n) is 0.952. The van der Waals surface area contributed by atoms with Crippen LogP contribution in [0, 0.1) is 0 Å². The van der Waals surface area contributed by atoms with E-state index in [1.165, 1.54) is 4.88 Å². The Kier molecular flexibility index (Phi) is 4.49. The third-order valence-electron chi connectivity index (χ3n) is 1.69. The molecule has 0 aliphatic rings. The first-order chi connectivity index (χ1) is 6.33. The molecule has 0 spiro atoms. The zero-order chi connectivity index (χ0) is 9.52. The lowest BCUT2D eigenvalue weighted by atomic mass is 10.4. The van der Waals surface area contributed by atoms with Gasteiger partial charge in [0.2, 0.25) is 5.91 Å². The van der Waals surface area contributed by atoms with Crippen molar-refractivity contribution in [2.75, 3.05) is 13.6 Å². The van der Waals surface area contributed by atoms with Crippen LogP contribution in [-0.4, -0.2) is 19.5 Å². The van der Waals surface area contributed by atoms with Crippen LogP contribution in [0.25, 0.3) is 0 Å². The van der Waals surface area contributed by atoms with Gasteiger partial charge in [-0.05, 0) is 11.4 Å². The summed E-state index contributed by atoms with van der Waals surface area (Å²) in [4.78, 5) is 12.1. The standard InChI is InChI=1S/C9H14N2OS/c1-10-9(12)4-5-11-7-8-3-2-6-13-8/h2-3,6,11H,4-5,7H2,1H3,(H,10,12). The summed E-state index contributed by atoms with van der Waals surface area (Å²) in [7, 11) is 1.65. The molecule has 0 saturated carbocycles. The molecule has 0 bridgehead atoms. The highest BCUT2D eigenvalue weighted by Gasteiger charge is 1.97. The average molecular weight is 198 g/mol. The number of carbonyl (C=O) groups excluding carboxylic acids is 1. The Morgan fingerprint density at radius 1 is 1.62 bits per heavy atom. The molecule has 1 aromatic heterocycles. The summed E-state index contributed by atoms with van der Waals surface area (Å²) >= 11 is 1.72. The van der Waals surface area contributed by atoms with Gasteiger partial charge in [-0.3, -0.25) is 4.79 Å². The summed E-state index contributed by atoms with van der Waals surface area (Å²) < 4.78 is 0. The van der Waals surface area contributed by atoms with Crippen molar-refractivity contribution in [3.8, 4) is 0 Å². The summed E-state index contributed by atoms with van der Waals surface area (Å²) in [6.45, 7) is 1.59. The molecule has 0 aromatic carbocycles. The molecule has 0 aliphatic heterocycles. The highest BCUT2D eigenvalue weighted by atomic mass is 32.1. The molecule has 72 valence electrons. The van der Waals surface area contributed by atoms with Crippen LogP contribution >= 0.6 is 11.3 Å². The van der Waals surface area contributed by atoms with E-state index in [0.29, 0.717) is 6.42 Å². The van der Waals surface area contributed by atoms with Gasteiger partial charge in [0.25, 0.3) is 0 Å². The van der Waals surface area contributed by atoms with Gasteiger partial charge in [0, 0.05) is 31.4 Å². The van der Waals surface area contributed by atoms with Crippen molar-refractivity contribution < 1.29 is 4.79 Å². The van der Waals surface area contributed by atoms with Crippen LogP contribution in [0.1, 0.15) is 11.3 Å². The number of carbonyl (C=O) groups is 1. The van der Waals surface area contributed by atoms with E-state index in [2.05, 4.69) is 22.1 Å². The lowest BCUT2D eigenvalue weighted by Gasteiger charge is -2.01. The second-order valence-corrected chi connectivity index (χ2v) is 3.71. The Hall–Kier alpha value is -0.870. The largest absolute Gasteiger partial charge is 0.359 e. The maximum absolute atomic E-state index is 10.8. The van der Waals surface area contributed by atoms with Gasteiger partial charge in [0.05, 0.1) is 0 Å². The molecule has 0 unspecified atom stereocenters. The second kappa shape index (κ2) is 5.72. The number of nitrogens with one attached hydrogen (secondary N) is 2. The van der Waals surface area contributed by atoms with Crippen molar-refractivity contribution in [2.45, 2.75) is 13.0 Å². The lowest BCUT2D eigenvalue weighted by molar-refractivity contribution is -0.120. The number of thiophene rings is 1. The van der Waals surface area contributed by atoms with Gasteiger partial charge >= 0.3 is 0 Å². The van der Waals surface area contributed by atoms with Crippen LogP contribution < -0.4 is 10.6 Å². The minimum absolute atomic E-state index is 0.0821. The third kappa shape index (κ3) is 4.05. The normalized spacial score (nSPS) is 9.92. The average Bonchev–Trinajstić information content (AvgIpc) is 2.64. The number of amides is 1. The van der Waals surface area contributed by atoms with Crippen molar-refractivity contribution in [1.29, 1.82) is 0 Å². The fraction of sp³-hybridized carbons (Fsp3) is 0.444. The summed E-state index contributed by atoms with van der Waals surface area (Å²) in [5, 5.41) is 7.84. The quantitative estimate of drug-likeness (QED) is 0.692. The molecule has 0 aliphatic carbocycles. The van der Waals surface area contributed by atoms with Gasteiger partial charge in [-0.15, -0.1) is 11.3 Å². The molecule has 1 heterocycles. The van der Waals surface area contributed by atoms with Crippen LogP contribution in [0.4, 0.5) is 0 Å². The van der Waals surface area contributed by atoms with Gasteiger partial charge in [0.15, 0.2) is 0 Å². The Bertz CT molecular complexity index is 246. The number of hydrogen-bond donors (Lipinski definition) is 2. The Morgan fingerprint density at radius 3 is 3.08 bits per heavy atom. The van der Waals surface area contributed by atoms with Crippen LogP contribution in [0.3, 0.4) is 0 Å². The molecule has 1 aromatic rings. The molecule has 1 rings (SSSR count). The number of rotatable bonds is 5. The summed E-state index contributed by atoms with van der Waals surface area (Å²) in [5.74, 6) is 0.0821. The smallest absolute Gasteiger partial charge is 0.221 e. The molecule has 13 heavy (non-hydrogen) atoms. The van der Waals surface area contributed by atoms with E-state index in [-0.39, 0.29) is 5.91 Å². The van der Waals surface area contributed by atoms with Gasteiger partial charge in [0.1, 0.15) is 0 Å². The van der Waals surface area contributed by atoms with Gasteiger partial charge in [-0.1, -0.05) is 6.07 Å². The number of hydrogen-bond acceptors (Lipinski definition) is 3. The summed E-state index contributed by atoms with van der Waals surface area (Å²) in [6, 6.07) is 4.11. The molecule has 4 heteroatoms. The van der Waals surface area contributed by atoms with E-state index in [0.717, 1.165) is 13.1 Å². The highest BCUT2D eigenvalue weighted by molar-refractivity contribution is 7.09. The van der Waals surface area contributed by atoms with Crippen LogP contribution in [-0.2, 0) is 11.3 Å². The van der Waals surface area contributed by atoms with Crippen molar-refractivity contribution >= 4 is 17.2 Å². The summed E-state index contributed by atoms with van der Waals surface area (Å²) in [6.07, 6.45) is 0.544. The van der Waals surface area contributed by atoms with Crippen molar-refractivity contribution in [3.05, 3.63) is 22.4 Å².